The molecule has 1 atom stereocenters. The molecule has 2 saturated carbocycles. The number of fused-ring (bicyclic) bond motifs is 1. The van der Waals surface area contributed by atoms with Crippen molar-refractivity contribution in [3.05, 3.63) is 29.7 Å². The Morgan fingerprint density at radius 1 is 1.15 bits per heavy atom. The molecular weight excluding hydrogens is 516 g/mol. The van der Waals surface area contributed by atoms with Crippen LogP contribution in [0.2, 0.25) is 0 Å². The van der Waals surface area contributed by atoms with Crippen molar-refractivity contribution in [2.24, 2.45) is 28.5 Å². The Morgan fingerprint density at radius 3 is 2.49 bits per heavy atom. The summed E-state index contributed by atoms with van der Waals surface area (Å²) in [6.45, 7) is 12.6. The first-order valence-electron chi connectivity index (χ1n) is 15.2. The van der Waals surface area contributed by atoms with E-state index in [2.05, 4.69) is 61.2 Å². The van der Waals surface area contributed by atoms with Crippen LogP contribution in [0.5, 0.6) is 0 Å². The van der Waals surface area contributed by atoms with Gasteiger partial charge in [-0.05, 0) is 80.9 Å². The molecule has 0 bridgehead atoms. The minimum atomic E-state index is -1.38. The van der Waals surface area contributed by atoms with Crippen LogP contribution in [-0.4, -0.2) is 54.1 Å². The third-order valence-electron chi connectivity index (χ3n) is 9.22. The molecule has 3 aromatic rings. The lowest BCUT2D eigenvalue weighted by Crippen LogP contribution is -2.42. The summed E-state index contributed by atoms with van der Waals surface area (Å²) in [5, 5.41) is 9.29. The fourth-order valence-corrected chi connectivity index (χ4v) is 6.36. The van der Waals surface area contributed by atoms with Crippen LogP contribution in [0, 0.1) is 17.8 Å². The smallest absolute Gasteiger partial charge is 0.433 e. The van der Waals surface area contributed by atoms with Crippen molar-refractivity contribution in [3.63, 3.8) is 0 Å². The van der Waals surface area contributed by atoms with E-state index in [4.69, 9.17) is 25.7 Å². The van der Waals surface area contributed by atoms with E-state index in [1.54, 1.807) is 0 Å². The number of anilines is 1. The number of amides is 1. The van der Waals surface area contributed by atoms with Crippen LogP contribution < -0.4 is 10.6 Å². The summed E-state index contributed by atoms with van der Waals surface area (Å²) in [5.74, 6) is 3.54. The topological polar surface area (TPSA) is 135 Å². The first-order valence-corrected chi connectivity index (χ1v) is 15.2. The van der Waals surface area contributed by atoms with Crippen molar-refractivity contribution in [1.82, 2.24) is 24.5 Å². The summed E-state index contributed by atoms with van der Waals surface area (Å²) >= 11 is 0. The second-order valence-corrected chi connectivity index (χ2v) is 12.3. The highest BCUT2D eigenvalue weighted by Crippen LogP contribution is 2.38. The minimum Gasteiger partial charge on any atom is -0.463 e. The number of hydrogen-bond donors (Lipinski definition) is 2. The Bertz CT molecular complexity index is 1420. The van der Waals surface area contributed by atoms with E-state index >= 15 is 0 Å². The van der Waals surface area contributed by atoms with Gasteiger partial charge < -0.3 is 20.3 Å². The van der Waals surface area contributed by atoms with E-state index in [-0.39, 0.29) is 17.7 Å². The Balaban J connectivity index is 1.74. The van der Waals surface area contributed by atoms with Crippen LogP contribution >= 0.6 is 0 Å². The molecule has 0 aromatic carbocycles. The molecule has 3 aromatic heterocycles. The summed E-state index contributed by atoms with van der Waals surface area (Å²) in [7, 11) is 0. The Labute approximate surface area is 242 Å². The highest BCUT2D eigenvalue weighted by molar-refractivity contribution is 6.02. The third-order valence-corrected chi connectivity index (χ3v) is 9.22. The second-order valence-electron chi connectivity index (χ2n) is 12.3. The normalized spacial score (nSPS) is 20.8. The molecule has 10 heteroatoms. The summed E-state index contributed by atoms with van der Waals surface area (Å²) in [6, 6.07) is 4.42. The highest BCUT2D eigenvalue weighted by Gasteiger charge is 2.32. The zero-order valence-electron chi connectivity index (χ0n) is 25.0. The molecule has 220 valence electrons. The van der Waals surface area contributed by atoms with Gasteiger partial charge in [-0.15, -0.1) is 0 Å². The fourth-order valence-electron chi connectivity index (χ4n) is 6.36. The van der Waals surface area contributed by atoms with Gasteiger partial charge in [-0.1, -0.05) is 40.0 Å². The summed E-state index contributed by atoms with van der Waals surface area (Å²) in [4.78, 5) is 36.7. The van der Waals surface area contributed by atoms with E-state index in [0.29, 0.717) is 23.4 Å². The predicted molar refractivity (Wildman–Crippen MR) is 162 cm³/mol. The molecule has 10 nitrogen and oxygen atoms in total. The molecule has 2 aliphatic carbocycles. The molecule has 41 heavy (non-hydrogen) atoms. The molecule has 0 radical (unpaired) electrons. The lowest BCUT2D eigenvalue weighted by atomic mass is 9.80. The van der Waals surface area contributed by atoms with E-state index in [0.717, 1.165) is 41.9 Å². The molecule has 0 saturated heterocycles. The van der Waals surface area contributed by atoms with Gasteiger partial charge in [-0.2, -0.15) is 4.99 Å². The average Bonchev–Trinajstić information content (AvgIpc) is 3.27. The zero-order chi connectivity index (χ0) is 29.3. The number of rotatable bonds is 9. The van der Waals surface area contributed by atoms with E-state index in [1.807, 2.05) is 6.20 Å². The van der Waals surface area contributed by atoms with Crippen LogP contribution in [-0.2, 0) is 6.54 Å². The number of aliphatic imine (C=N–C) groups is 1. The number of aromatic nitrogens is 5. The molecule has 0 spiro atoms. The monoisotopic (exact) mass is 560 g/mol. The van der Waals surface area contributed by atoms with Gasteiger partial charge in [0.05, 0.1) is 0 Å². The molecule has 2 aliphatic rings. The molecule has 3 N–H and O–H groups in total. The number of hydrogen-bond acceptors (Lipinski definition) is 6. The van der Waals surface area contributed by atoms with Gasteiger partial charge in [0.25, 0.3) is 0 Å². The third kappa shape index (κ3) is 6.06. The van der Waals surface area contributed by atoms with Gasteiger partial charge >= 0.3 is 6.09 Å². The molecule has 5 rings (SSSR count). The standard InChI is InChI=1S/C31H44N8O2/c1-6-38(20(5)22-8-7-9-22)30-25-27(35-28(37-30)26(32)34-31(40)41)36-29(24-16-23(18(2)3)14-15-33-24)39(25)17-21-12-10-19(4)11-13-21/h14-16,18-22H,6-13,17H2,1-5H3,(H2,32,34)(H,40,41)/t19?,20-,21?/m1/s1. The Morgan fingerprint density at radius 2 is 1.88 bits per heavy atom. The number of carboxylic acid groups (broad SMARTS) is 1. The largest absolute Gasteiger partial charge is 0.463 e. The lowest BCUT2D eigenvalue weighted by Gasteiger charge is -2.39. The summed E-state index contributed by atoms with van der Waals surface area (Å²) in [5.41, 5.74) is 9.46. The maximum absolute atomic E-state index is 11.4. The van der Waals surface area contributed by atoms with Gasteiger partial charge in [-0.3, -0.25) is 4.98 Å². The van der Waals surface area contributed by atoms with Gasteiger partial charge in [0, 0.05) is 25.3 Å². The predicted octanol–water partition coefficient (Wildman–Crippen LogP) is 6.24. The SMILES string of the molecule is CCN(c1nc(/C(N)=N/C(=O)O)nc2nc(-c3cc(C(C)C)ccn3)n(CC3CCC(C)CC3)c12)[C@H](C)C1CCC1. The van der Waals surface area contributed by atoms with Gasteiger partial charge in [0.2, 0.25) is 0 Å². The van der Waals surface area contributed by atoms with Crippen molar-refractivity contribution in [2.75, 3.05) is 11.4 Å². The van der Waals surface area contributed by atoms with Crippen molar-refractivity contribution in [1.29, 1.82) is 0 Å². The maximum Gasteiger partial charge on any atom is 0.433 e. The quantitative estimate of drug-likeness (QED) is 0.232. The van der Waals surface area contributed by atoms with Crippen LogP contribution in [0.3, 0.4) is 0 Å². The molecule has 0 aliphatic heterocycles. The van der Waals surface area contributed by atoms with Gasteiger partial charge in [0.1, 0.15) is 11.2 Å². The first kappa shape index (κ1) is 29.0. The van der Waals surface area contributed by atoms with Crippen molar-refractivity contribution < 1.29 is 9.90 Å². The van der Waals surface area contributed by atoms with E-state index in [9.17, 15) is 9.90 Å². The zero-order valence-corrected chi connectivity index (χ0v) is 25.0. The highest BCUT2D eigenvalue weighted by atomic mass is 16.4. The number of carbonyl (C=O) groups is 1. The van der Waals surface area contributed by atoms with Crippen LogP contribution in [0.4, 0.5) is 10.6 Å². The van der Waals surface area contributed by atoms with Crippen LogP contribution in [0.1, 0.15) is 96.9 Å². The van der Waals surface area contributed by atoms with Gasteiger partial charge in [0.15, 0.2) is 28.9 Å². The number of imidazole rings is 1. The number of pyridine rings is 1. The molecule has 2 fully saturated rings. The first-order chi connectivity index (χ1) is 19.7. The van der Waals surface area contributed by atoms with Crippen molar-refractivity contribution >= 4 is 28.9 Å². The van der Waals surface area contributed by atoms with Crippen molar-refractivity contribution in [2.45, 2.75) is 98.1 Å². The number of nitrogens with two attached hydrogens (primary N) is 1. The number of nitrogens with zero attached hydrogens (tertiary/aromatic N) is 7. The second kappa shape index (κ2) is 12.1. The average molecular weight is 561 g/mol. The van der Waals surface area contributed by atoms with Gasteiger partial charge in [-0.25, -0.2) is 19.7 Å². The van der Waals surface area contributed by atoms with Crippen LogP contribution in [0.25, 0.3) is 22.7 Å². The van der Waals surface area contributed by atoms with Crippen molar-refractivity contribution in [3.8, 4) is 11.5 Å². The molecule has 3 heterocycles. The maximum atomic E-state index is 11.4. The van der Waals surface area contributed by atoms with E-state index < -0.39 is 6.09 Å². The Hall–Kier alpha value is -3.56. The lowest BCUT2D eigenvalue weighted by molar-refractivity contribution is 0.205. The molecule has 0 unspecified atom stereocenters. The summed E-state index contributed by atoms with van der Waals surface area (Å²) < 4.78 is 2.28. The minimum absolute atomic E-state index is 0.0840. The van der Waals surface area contributed by atoms with E-state index in [1.165, 1.54) is 50.5 Å². The summed E-state index contributed by atoms with van der Waals surface area (Å²) in [6.07, 6.45) is 8.89. The fraction of sp³-hybridized carbons (Fsp3) is 0.613. The molecule has 1 amide bonds. The number of amidine groups is 1. The molecular formula is C31H44N8O2. The van der Waals surface area contributed by atoms with Crippen LogP contribution in [0.15, 0.2) is 23.3 Å². The Kier molecular flexibility index (Phi) is 8.56.